The van der Waals surface area contributed by atoms with Crippen LogP contribution in [0.2, 0.25) is 5.02 Å². The number of hydrogen-bond acceptors (Lipinski definition) is 3. The molecule has 4 rings (SSSR count). The van der Waals surface area contributed by atoms with Crippen LogP contribution in [0, 0.1) is 0 Å². The number of thiophene rings is 1. The number of rotatable bonds is 6. The highest BCUT2D eigenvalue weighted by Gasteiger charge is 2.19. The van der Waals surface area contributed by atoms with E-state index in [4.69, 9.17) is 11.6 Å². The predicted octanol–water partition coefficient (Wildman–Crippen LogP) is 5.17. The maximum Gasteiger partial charge on any atom is 0.252 e. The fourth-order valence-electron chi connectivity index (χ4n) is 3.05. The van der Waals surface area contributed by atoms with Crippen molar-refractivity contribution >= 4 is 28.8 Å². The Balaban J connectivity index is 1.57. The highest BCUT2D eigenvalue weighted by atomic mass is 35.5. The summed E-state index contributed by atoms with van der Waals surface area (Å²) in [5.41, 5.74) is 2.67. The maximum atomic E-state index is 13.0. The normalized spacial score (nSPS) is 11.9. The van der Waals surface area contributed by atoms with E-state index in [0.717, 1.165) is 16.0 Å². The molecule has 1 N–H and O–H groups in total. The first-order valence-corrected chi connectivity index (χ1v) is 10.1. The molecule has 0 saturated carbocycles. The van der Waals surface area contributed by atoms with Crippen LogP contribution in [-0.4, -0.2) is 15.5 Å². The van der Waals surface area contributed by atoms with Crippen LogP contribution in [0.3, 0.4) is 0 Å². The van der Waals surface area contributed by atoms with Crippen LogP contribution in [0.15, 0.2) is 84.8 Å². The smallest absolute Gasteiger partial charge is 0.252 e. The molecule has 0 aliphatic carbocycles. The van der Waals surface area contributed by atoms with Crippen LogP contribution in [-0.2, 0) is 6.54 Å². The summed E-state index contributed by atoms with van der Waals surface area (Å²) >= 11 is 7.64. The summed E-state index contributed by atoms with van der Waals surface area (Å²) < 4.78 is 1.97. The van der Waals surface area contributed by atoms with Gasteiger partial charge in [0.25, 0.3) is 5.91 Å². The van der Waals surface area contributed by atoms with Crippen LogP contribution < -0.4 is 5.32 Å². The summed E-state index contributed by atoms with van der Waals surface area (Å²) in [7, 11) is 0. The Labute approximate surface area is 172 Å². The van der Waals surface area contributed by atoms with E-state index < -0.39 is 0 Å². The summed E-state index contributed by atoms with van der Waals surface area (Å²) in [6.45, 7) is 0.673. The average Bonchev–Trinajstić information content (AvgIpc) is 3.41. The van der Waals surface area contributed by atoms with Gasteiger partial charge in [0.2, 0.25) is 0 Å². The van der Waals surface area contributed by atoms with Gasteiger partial charge in [-0.05, 0) is 46.8 Å². The Kier molecular flexibility index (Phi) is 5.55. The zero-order valence-corrected chi connectivity index (χ0v) is 16.5. The van der Waals surface area contributed by atoms with Crippen LogP contribution in [0.4, 0.5) is 0 Å². The molecule has 2 aromatic carbocycles. The molecule has 0 bridgehead atoms. The molecule has 0 radical (unpaired) electrons. The molecule has 2 heterocycles. The van der Waals surface area contributed by atoms with E-state index in [-0.39, 0.29) is 11.9 Å². The number of nitrogens with zero attached hydrogens (tertiary/aromatic N) is 2. The second kappa shape index (κ2) is 8.42. The van der Waals surface area contributed by atoms with E-state index in [0.29, 0.717) is 17.1 Å². The number of halogens is 1. The first-order valence-electron chi connectivity index (χ1n) is 8.83. The van der Waals surface area contributed by atoms with Gasteiger partial charge in [0.15, 0.2) is 0 Å². The van der Waals surface area contributed by atoms with Gasteiger partial charge in [0.05, 0.1) is 12.4 Å². The molecule has 4 nitrogen and oxygen atoms in total. The van der Waals surface area contributed by atoms with E-state index >= 15 is 0 Å². The summed E-state index contributed by atoms with van der Waals surface area (Å²) in [5, 5.41) is 5.85. The third-order valence-electron chi connectivity index (χ3n) is 4.42. The lowest BCUT2D eigenvalue weighted by molar-refractivity contribution is 0.0943. The number of benzene rings is 2. The maximum absolute atomic E-state index is 13.0. The van der Waals surface area contributed by atoms with Crippen molar-refractivity contribution in [2.24, 2.45) is 0 Å². The predicted molar refractivity (Wildman–Crippen MR) is 113 cm³/mol. The van der Waals surface area contributed by atoms with E-state index in [1.807, 2.05) is 76.8 Å². The first-order chi connectivity index (χ1) is 13.7. The summed E-state index contributed by atoms with van der Waals surface area (Å²) in [4.78, 5) is 18.1. The van der Waals surface area contributed by atoms with Crippen LogP contribution in [0.5, 0.6) is 0 Å². The fraction of sp³-hybridized carbons (Fsp3) is 0.0909. The quantitative estimate of drug-likeness (QED) is 0.479. The number of amides is 1. The Morgan fingerprint density at radius 2 is 2.00 bits per heavy atom. The molecular weight excluding hydrogens is 390 g/mol. The van der Waals surface area contributed by atoms with Crippen LogP contribution in [0.25, 0.3) is 0 Å². The SMILES string of the molecule is O=C(N[C@@H](c1ccc(Cl)cc1)c1cccs1)c1cccc(Cn2ccnc2)c1. The minimum Gasteiger partial charge on any atom is -0.340 e. The van der Waals surface area contributed by atoms with Gasteiger partial charge in [0, 0.05) is 34.4 Å². The van der Waals surface area contributed by atoms with Crippen molar-refractivity contribution in [1.82, 2.24) is 14.9 Å². The van der Waals surface area contributed by atoms with Gasteiger partial charge in [-0.15, -0.1) is 11.3 Å². The van der Waals surface area contributed by atoms with Gasteiger partial charge < -0.3 is 9.88 Å². The second-order valence-electron chi connectivity index (χ2n) is 6.41. The summed E-state index contributed by atoms with van der Waals surface area (Å²) in [6.07, 6.45) is 5.41. The van der Waals surface area contributed by atoms with Gasteiger partial charge in [0.1, 0.15) is 0 Å². The molecular formula is C22H18ClN3OS. The summed E-state index contributed by atoms with van der Waals surface area (Å²) in [5.74, 6) is -0.110. The van der Waals surface area contributed by atoms with Crippen molar-refractivity contribution in [1.29, 1.82) is 0 Å². The molecule has 0 saturated heterocycles. The molecule has 0 spiro atoms. The summed E-state index contributed by atoms with van der Waals surface area (Å²) in [6, 6.07) is 19.0. The molecule has 140 valence electrons. The van der Waals surface area contributed by atoms with E-state index in [1.54, 1.807) is 23.9 Å². The van der Waals surface area contributed by atoms with Gasteiger partial charge in [-0.1, -0.05) is 41.9 Å². The molecule has 0 aliphatic rings. The Morgan fingerprint density at radius 1 is 1.14 bits per heavy atom. The number of nitrogens with one attached hydrogen (secondary N) is 1. The zero-order chi connectivity index (χ0) is 19.3. The number of imidazole rings is 1. The Morgan fingerprint density at radius 3 is 2.71 bits per heavy atom. The van der Waals surface area contributed by atoms with E-state index in [9.17, 15) is 4.79 Å². The molecule has 1 amide bonds. The standard InChI is InChI=1S/C22H18ClN3OS/c23-19-8-6-17(7-9-19)21(20-5-2-12-28-20)25-22(27)18-4-1-3-16(13-18)14-26-11-10-24-15-26/h1-13,15,21H,14H2,(H,25,27)/t21-/m0/s1. The topological polar surface area (TPSA) is 46.9 Å². The van der Waals surface area contributed by atoms with Crippen molar-refractivity contribution in [2.75, 3.05) is 0 Å². The van der Waals surface area contributed by atoms with E-state index in [1.165, 1.54) is 0 Å². The molecule has 28 heavy (non-hydrogen) atoms. The highest BCUT2D eigenvalue weighted by Crippen LogP contribution is 2.27. The fourth-order valence-corrected chi connectivity index (χ4v) is 3.97. The second-order valence-corrected chi connectivity index (χ2v) is 7.82. The van der Waals surface area contributed by atoms with Crippen molar-refractivity contribution in [3.05, 3.63) is 111 Å². The molecule has 2 aromatic heterocycles. The Bertz CT molecular complexity index is 1040. The van der Waals surface area contributed by atoms with Gasteiger partial charge in [-0.3, -0.25) is 4.79 Å². The largest absolute Gasteiger partial charge is 0.340 e. The van der Waals surface area contributed by atoms with Crippen molar-refractivity contribution in [2.45, 2.75) is 12.6 Å². The highest BCUT2D eigenvalue weighted by molar-refractivity contribution is 7.10. The van der Waals surface area contributed by atoms with Crippen LogP contribution in [0.1, 0.15) is 32.4 Å². The molecule has 4 aromatic rings. The average molecular weight is 408 g/mol. The lowest BCUT2D eigenvalue weighted by atomic mass is 10.0. The van der Waals surface area contributed by atoms with Crippen LogP contribution >= 0.6 is 22.9 Å². The molecule has 0 fully saturated rings. The molecule has 6 heteroatoms. The lowest BCUT2D eigenvalue weighted by Gasteiger charge is -2.18. The number of hydrogen-bond donors (Lipinski definition) is 1. The van der Waals surface area contributed by atoms with Crippen molar-refractivity contribution in [3.63, 3.8) is 0 Å². The van der Waals surface area contributed by atoms with E-state index in [2.05, 4.69) is 10.3 Å². The van der Waals surface area contributed by atoms with Gasteiger partial charge in [-0.25, -0.2) is 4.98 Å². The van der Waals surface area contributed by atoms with Crippen molar-refractivity contribution < 1.29 is 4.79 Å². The monoisotopic (exact) mass is 407 g/mol. The lowest BCUT2D eigenvalue weighted by Crippen LogP contribution is -2.28. The minimum absolute atomic E-state index is 0.110. The molecule has 0 unspecified atom stereocenters. The van der Waals surface area contributed by atoms with Gasteiger partial charge >= 0.3 is 0 Å². The van der Waals surface area contributed by atoms with Crippen molar-refractivity contribution in [3.8, 4) is 0 Å². The molecule has 0 aliphatic heterocycles. The number of carbonyl (C=O) groups excluding carboxylic acids is 1. The zero-order valence-electron chi connectivity index (χ0n) is 15.0. The Hall–Kier alpha value is -2.89. The number of aromatic nitrogens is 2. The number of carbonyl (C=O) groups is 1. The third-order valence-corrected chi connectivity index (χ3v) is 5.61. The molecule has 1 atom stereocenters. The third kappa shape index (κ3) is 4.32. The first kappa shape index (κ1) is 18.5. The van der Waals surface area contributed by atoms with Gasteiger partial charge in [-0.2, -0.15) is 0 Å². The minimum atomic E-state index is -0.220.